The number of carbonyl (C=O) groups excluding carboxylic acids is 3. The summed E-state index contributed by atoms with van der Waals surface area (Å²) in [7, 11) is 0.920. The van der Waals surface area contributed by atoms with Gasteiger partial charge in [-0.2, -0.15) is 13.2 Å². The summed E-state index contributed by atoms with van der Waals surface area (Å²) in [5, 5.41) is 1.82. The maximum atomic E-state index is 14.2. The molecule has 158 valence electrons. The lowest BCUT2D eigenvalue weighted by Gasteiger charge is -2.33. The van der Waals surface area contributed by atoms with E-state index in [1.165, 1.54) is 20.8 Å². The number of esters is 1. The molecule has 1 aliphatic heterocycles. The lowest BCUT2D eigenvalue weighted by atomic mass is 9.88. The summed E-state index contributed by atoms with van der Waals surface area (Å²) in [6, 6.07) is 8.07. The number of nitrogens with zero attached hydrogens (tertiary/aromatic N) is 1. The van der Waals surface area contributed by atoms with Crippen LogP contribution in [-0.4, -0.2) is 47.6 Å². The van der Waals surface area contributed by atoms with Gasteiger partial charge in [0.25, 0.3) is 5.91 Å². The highest BCUT2D eigenvalue weighted by molar-refractivity contribution is 6.10. The zero-order chi connectivity index (χ0) is 22.0. The largest absolute Gasteiger partial charge is 0.466 e. The third kappa shape index (κ3) is 3.99. The summed E-state index contributed by atoms with van der Waals surface area (Å²) < 4.78 is 47.2. The summed E-state index contributed by atoms with van der Waals surface area (Å²) in [4.78, 5) is 38.5. The molecular weight excluding hydrogens is 389 g/mol. The van der Waals surface area contributed by atoms with E-state index in [9.17, 15) is 27.6 Å². The quantitative estimate of drug-likeness (QED) is 0.729. The molecule has 1 aromatic carbocycles. The number of aryl methyl sites for hydroxylation is 1. The Balaban J connectivity index is 2.45. The van der Waals surface area contributed by atoms with Gasteiger partial charge in [-0.25, -0.2) is 4.79 Å². The Bertz CT molecular complexity index is 834. The molecule has 0 aliphatic carbocycles. The molecule has 1 N–H and O–H groups in total. The first-order chi connectivity index (χ1) is 13.5. The van der Waals surface area contributed by atoms with Crippen molar-refractivity contribution in [1.82, 2.24) is 10.2 Å². The van der Waals surface area contributed by atoms with E-state index < -0.39 is 41.1 Å². The van der Waals surface area contributed by atoms with Crippen LogP contribution in [0, 0.1) is 0 Å². The molecule has 0 saturated carbocycles. The number of hydrogen-bond acceptors (Lipinski definition) is 4. The molecule has 9 heteroatoms. The number of alkyl halides is 3. The first-order valence-electron chi connectivity index (χ1n) is 9.02. The molecule has 1 atom stereocenters. The Kier molecular flexibility index (Phi) is 6.40. The summed E-state index contributed by atoms with van der Waals surface area (Å²) in [5.41, 5.74) is -3.84. The van der Waals surface area contributed by atoms with Gasteiger partial charge in [-0.05, 0) is 32.8 Å². The molecule has 1 aliphatic rings. The van der Waals surface area contributed by atoms with E-state index in [-0.39, 0.29) is 18.5 Å². The van der Waals surface area contributed by atoms with E-state index in [0.717, 1.165) is 17.6 Å². The minimum Gasteiger partial charge on any atom is -0.466 e. The molecule has 6 nitrogen and oxygen atoms in total. The van der Waals surface area contributed by atoms with E-state index in [1.54, 1.807) is 30.3 Å². The van der Waals surface area contributed by atoms with Gasteiger partial charge in [0, 0.05) is 18.2 Å². The third-order valence-corrected chi connectivity index (χ3v) is 4.78. The fraction of sp³-hybridized carbons (Fsp3) is 0.450. The SMILES string of the molecule is COC(=O)C1=C(C)N(C(C)C)C(=O)C1(NC(=O)CCc1ccccc1)C(F)(F)F. The predicted octanol–water partition coefficient (Wildman–Crippen LogP) is 2.73. The number of hydrogen-bond donors (Lipinski definition) is 1. The number of carbonyl (C=O) groups is 3. The zero-order valence-electron chi connectivity index (χ0n) is 16.6. The van der Waals surface area contributed by atoms with E-state index in [4.69, 9.17) is 0 Å². The van der Waals surface area contributed by atoms with Crippen LogP contribution < -0.4 is 5.32 Å². The molecule has 1 heterocycles. The van der Waals surface area contributed by atoms with Crippen molar-refractivity contribution in [2.24, 2.45) is 0 Å². The monoisotopic (exact) mass is 412 g/mol. The van der Waals surface area contributed by atoms with Gasteiger partial charge < -0.3 is 15.0 Å². The predicted molar refractivity (Wildman–Crippen MR) is 98.4 cm³/mol. The lowest BCUT2D eigenvalue weighted by molar-refractivity contribution is -0.196. The van der Waals surface area contributed by atoms with Gasteiger partial charge in [0.2, 0.25) is 11.4 Å². The van der Waals surface area contributed by atoms with Gasteiger partial charge >= 0.3 is 12.1 Å². The Morgan fingerprint density at radius 3 is 2.28 bits per heavy atom. The molecule has 0 aromatic heterocycles. The number of halogens is 3. The molecule has 0 fully saturated rings. The molecule has 1 aromatic rings. The first-order valence-corrected chi connectivity index (χ1v) is 9.02. The fourth-order valence-electron chi connectivity index (χ4n) is 3.48. The van der Waals surface area contributed by atoms with Crippen molar-refractivity contribution in [2.75, 3.05) is 7.11 Å². The summed E-state index contributed by atoms with van der Waals surface area (Å²) in [5.74, 6) is -3.75. The van der Waals surface area contributed by atoms with E-state index >= 15 is 0 Å². The van der Waals surface area contributed by atoms with Crippen molar-refractivity contribution in [2.45, 2.75) is 51.4 Å². The minimum absolute atomic E-state index is 0.180. The lowest BCUT2D eigenvalue weighted by Crippen LogP contribution is -2.66. The van der Waals surface area contributed by atoms with Crippen LogP contribution in [0.25, 0.3) is 0 Å². The van der Waals surface area contributed by atoms with Crippen molar-refractivity contribution in [3.63, 3.8) is 0 Å². The van der Waals surface area contributed by atoms with Crippen LogP contribution in [-0.2, 0) is 25.5 Å². The molecule has 0 saturated heterocycles. The second-order valence-electron chi connectivity index (χ2n) is 7.00. The maximum absolute atomic E-state index is 14.2. The van der Waals surface area contributed by atoms with Gasteiger partial charge in [0.05, 0.1) is 7.11 Å². The Morgan fingerprint density at radius 1 is 1.21 bits per heavy atom. The van der Waals surface area contributed by atoms with Crippen LogP contribution >= 0.6 is 0 Å². The smallest absolute Gasteiger partial charge is 0.425 e. The number of rotatable bonds is 6. The topological polar surface area (TPSA) is 75.7 Å². The second-order valence-corrected chi connectivity index (χ2v) is 7.00. The molecule has 1 unspecified atom stereocenters. The van der Waals surface area contributed by atoms with Crippen LogP contribution in [0.4, 0.5) is 13.2 Å². The van der Waals surface area contributed by atoms with Crippen LogP contribution in [0.1, 0.15) is 32.8 Å². The van der Waals surface area contributed by atoms with Crippen LogP contribution in [0.2, 0.25) is 0 Å². The molecule has 2 amide bonds. The van der Waals surface area contributed by atoms with Crippen LogP contribution in [0.15, 0.2) is 41.6 Å². The first kappa shape index (κ1) is 22.4. The molecule has 2 rings (SSSR count). The average Bonchev–Trinajstić information content (AvgIpc) is 2.87. The average molecular weight is 412 g/mol. The Morgan fingerprint density at radius 2 is 1.79 bits per heavy atom. The number of methoxy groups -OCH3 is 1. The Hall–Kier alpha value is -2.84. The van der Waals surface area contributed by atoms with E-state index in [1.807, 2.05) is 5.32 Å². The van der Waals surface area contributed by atoms with Gasteiger partial charge in [-0.15, -0.1) is 0 Å². The number of amides is 2. The van der Waals surface area contributed by atoms with Gasteiger partial charge in [-0.3, -0.25) is 9.59 Å². The van der Waals surface area contributed by atoms with E-state index in [2.05, 4.69) is 4.74 Å². The van der Waals surface area contributed by atoms with Gasteiger partial charge in [0.1, 0.15) is 5.57 Å². The van der Waals surface area contributed by atoms with Crippen molar-refractivity contribution in [3.05, 3.63) is 47.2 Å². The molecule has 0 spiro atoms. The number of benzene rings is 1. The van der Waals surface area contributed by atoms with Gasteiger partial charge in [0.15, 0.2) is 0 Å². The highest BCUT2D eigenvalue weighted by Gasteiger charge is 2.71. The number of ether oxygens (including phenoxy) is 1. The van der Waals surface area contributed by atoms with Crippen molar-refractivity contribution >= 4 is 17.8 Å². The normalized spacial score (nSPS) is 19.7. The van der Waals surface area contributed by atoms with Crippen LogP contribution in [0.5, 0.6) is 0 Å². The molecule has 0 radical (unpaired) electrons. The van der Waals surface area contributed by atoms with Crippen LogP contribution in [0.3, 0.4) is 0 Å². The van der Waals surface area contributed by atoms with Crippen molar-refractivity contribution < 1.29 is 32.3 Å². The maximum Gasteiger partial charge on any atom is 0.425 e. The van der Waals surface area contributed by atoms with Crippen molar-refractivity contribution in [3.8, 4) is 0 Å². The third-order valence-electron chi connectivity index (χ3n) is 4.78. The van der Waals surface area contributed by atoms with Crippen molar-refractivity contribution in [1.29, 1.82) is 0 Å². The highest BCUT2D eigenvalue weighted by Crippen LogP contribution is 2.45. The van der Waals surface area contributed by atoms with Gasteiger partial charge in [-0.1, -0.05) is 30.3 Å². The fourth-order valence-corrected chi connectivity index (χ4v) is 3.48. The number of allylic oxidation sites excluding steroid dienone is 1. The zero-order valence-corrected chi connectivity index (χ0v) is 16.6. The summed E-state index contributed by atoms with van der Waals surface area (Å²) in [6.07, 6.45) is -5.36. The van der Waals surface area contributed by atoms with E-state index in [0.29, 0.717) is 0 Å². The molecule has 29 heavy (non-hydrogen) atoms. The Labute approximate surface area is 166 Å². The highest BCUT2D eigenvalue weighted by atomic mass is 19.4. The minimum atomic E-state index is -5.25. The number of nitrogens with one attached hydrogen (secondary N) is 1. The summed E-state index contributed by atoms with van der Waals surface area (Å²) >= 11 is 0. The molecule has 0 bridgehead atoms. The standard InChI is InChI=1S/C20H23F3N2O4/c1-12(2)25-13(3)16(17(27)29-4)19(18(25)28,20(21,22)23)24-15(26)11-10-14-8-6-5-7-9-14/h5-9,12H,10-11H2,1-4H3,(H,24,26). The molecular formula is C20H23F3N2O4. The second kappa shape index (κ2) is 8.26. The summed E-state index contributed by atoms with van der Waals surface area (Å²) in [6.45, 7) is 4.26.